The van der Waals surface area contributed by atoms with Crippen molar-refractivity contribution in [1.82, 2.24) is 78.8 Å². The van der Waals surface area contributed by atoms with E-state index in [0.717, 1.165) is 17.8 Å². The van der Waals surface area contributed by atoms with Crippen LogP contribution in [0.2, 0.25) is 0 Å². The number of phenolic OH excluding ortho intramolecular Hbond substituents is 1. The van der Waals surface area contributed by atoms with Gasteiger partial charge in [0.15, 0.2) is 0 Å². The quantitative estimate of drug-likeness (QED) is 0.0128. The number of carbonyl (C=O) groups is 15. The molecule has 0 saturated carbocycles. The molecule has 5 aromatic rings. The van der Waals surface area contributed by atoms with E-state index >= 15 is 0 Å². The molecule has 25 N–H and O–H groups in total. The van der Waals surface area contributed by atoms with Crippen LogP contribution in [-0.2, 0) is 97.6 Å². The van der Waals surface area contributed by atoms with Crippen LogP contribution >= 0.6 is 12.6 Å². The second-order valence-electron chi connectivity index (χ2n) is 26.4. The van der Waals surface area contributed by atoms with Crippen LogP contribution in [0.5, 0.6) is 5.75 Å². The number of aliphatic hydroxyl groups is 2. The predicted octanol–water partition coefficient (Wildman–Crippen LogP) is -5.31. The maximum Gasteiger partial charge on any atom is 0.245 e. The van der Waals surface area contributed by atoms with Crippen molar-refractivity contribution < 1.29 is 87.2 Å². The van der Waals surface area contributed by atoms with Gasteiger partial charge in [0.25, 0.3) is 0 Å². The molecular weight excluding hydrogens is 1440 g/mol. The molecule has 2 heterocycles. The molecule has 0 aliphatic rings. The summed E-state index contributed by atoms with van der Waals surface area (Å²) in [5.74, 6) is -17.2. The molecule has 5 rings (SSSR count). The number of thiol groups is 1. The Morgan fingerprint density at radius 2 is 0.917 bits per heavy atom. The third kappa shape index (κ3) is 28.3. The van der Waals surface area contributed by atoms with Crippen LogP contribution in [0.15, 0.2) is 97.6 Å². The summed E-state index contributed by atoms with van der Waals surface area (Å²) in [6.07, 6.45) is 2.30. The summed E-state index contributed by atoms with van der Waals surface area (Å²) in [4.78, 5) is 216. The number of hydrogen-bond donors (Lipinski definition) is 22. The second-order valence-corrected chi connectivity index (χ2v) is 26.8. The summed E-state index contributed by atoms with van der Waals surface area (Å²) in [5, 5.41) is 61.2. The number of para-hydroxylation sites is 1. The van der Waals surface area contributed by atoms with Crippen molar-refractivity contribution in [3.8, 4) is 5.75 Å². The fourth-order valence-electron chi connectivity index (χ4n) is 11.3. The lowest BCUT2D eigenvalue weighted by atomic mass is 9.96. The number of aromatic hydroxyl groups is 1. The Hall–Kier alpha value is -11.5. The Morgan fingerprint density at radius 1 is 0.477 bits per heavy atom. The van der Waals surface area contributed by atoms with Crippen molar-refractivity contribution in [2.75, 3.05) is 25.5 Å². The number of aromatic nitrogens is 3. The van der Waals surface area contributed by atoms with Crippen LogP contribution in [0.4, 0.5) is 0 Å². The Labute approximate surface area is 632 Å². The Balaban J connectivity index is 1.35. The number of aromatic amines is 2. The Bertz CT molecular complexity index is 3960. The molecule has 2 aromatic heterocycles. The number of H-pyrrole nitrogens is 2. The molecule has 0 bridgehead atoms. The van der Waals surface area contributed by atoms with Gasteiger partial charge in [-0.25, -0.2) is 4.98 Å². The van der Waals surface area contributed by atoms with Crippen molar-refractivity contribution in [3.05, 3.63) is 120 Å². The van der Waals surface area contributed by atoms with Gasteiger partial charge in [-0.1, -0.05) is 94.8 Å². The first-order valence-electron chi connectivity index (χ1n) is 35.1. The number of carbonyl (C=O) groups excluding carboxylic acids is 15. The van der Waals surface area contributed by atoms with Gasteiger partial charge in [-0.05, 0) is 72.5 Å². The van der Waals surface area contributed by atoms with Crippen LogP contribution in [0.3, 0.4) is 0 Å². The standard InChI is InChI=1S/C71H99N19O18S/c1-6-37(4)59(71(108)86-50(27-42-31-76-35-78-42)64(101)81-47(60(75)97)26-41-30-77-45-17-11-10-16-44(41)45)90-66(103)52(29-57(74)96)85-67(104)53(32-91)87-62(99)48(24-39-14-8-7-9-15-39)83-69(106)55(34-109)89-63(100)49(25-40-19-21-43(94)22-20-40)82-61(98)46(18-12-13-23-72)80-65(102)51(28-56(73)95)84-68(105)54(33-92)88-70(107)58(36(2)3)79-38(5)93/h7-11,14-17,19-22,30-31,35-37,46-55,58-59,77,91-92,94,109H,6,12-13,18,23-29,32-34,72H2,1-5H3,(H2,73,95)(H2,74,96)(H2,75,97)(H,76,78)(H,79,93)(H,80,102)(H,81,101)(H,82,98)(H,83,106)(H,84,105)(H,85,104)(H,86,108)(H,87,99)(H,88,107)(H,89,100)(H,90,103)/t37-,46-,47-,48-,49-,50-,51-,52-,53-,54-,55-,58-,59-/m0/s1. The van der Waals surface area contributed by atoms with Gasteiger partial charge in [0.1, 0.15) is 78.3 Å². The summed E-state index contributed by atoms with van der Waals surface area (Å²) >= 11 is 4.32. The normalized spacial score (nSPS) is 14.7. The maximum atomic E-state index is 14.6. The maximum absolute atomic E-state index is 14.6. The highest BCUT2D eigenvalue weighted by Gasteiger charge is 2.39. The minimum absolute atomic E-state index is 0.0327. The number of amides is 15. The van der Waals surface area contributed by atoms with E-state index < -0.39 is 205 Å². The van der Waals surface area contributed by atoms with Crippen LogP contribution in [0, 0.1) is 11.8 Å². The molecule has 109 heavy (non-hydrogen) atoms. The van der Waals surface area contributed by atoms with Crippen molar-refractivity contribution in [2.24, 2.45) is 34.8 Å². The van der Waals surface area contributed by atoms with E-state index in [9.17, 15) is 87.2 Å². The number of hydrogen-bond acceptors (Lipinski definition) is 21. The van der Waals surface area contributed by atoms with Crippen LogP contribution in [-0.4, -0.2) is 217 Å². The van der Waals surface area contributed by atoms with E-state index in [1.165, 1.54) is 36.8 Å². The van der Waals surface area contributed by atoms with E-state index in [-0.39, 0.29) is 57.2 Å². The van der Waals surface area contributed by atoms with Gasteiger partial charge in [0.05, 0.1) is 32.4 Å². The lowest BCUT2D eigenvalue weighted by Crippen LogP contribution is -2.62. The zero-order chi connectivity index (χ0) is 80.6. The first-order chi connectivity index (χ1) is 51.8. The highest BCUT2D eigenvalue weighted by atomic mass is 32.1. The number of nitrogens with one attached hydrogen (secondary N) is 14. The van der Waals surface area contributed by atoms with E-state index in [1.807, 2.05) is 18.2 Å². The van der Waals surface area contributed by atoms with Gasteiger partial charge in [-0.3, -0.25) is 71.9 Å². The monoisotopic (exact) mass is 1540 g/mol. The van der Waals surface area contributed by atoms with Crippen molar-refractivity contribution in [3.63, 3.8) is 0 Å². The summed E-state index contributed by atoms with van der Waals surface area (Å²) in [6.45, 7) is 5.60. The number of phenols is 1. The minimum Gasteiger partial charge on any atom is -0.508 e. The van der Waals surface area contributed by atoms with Gasteiger partial charge in [-0.15, -0.1) is 0 Å². The second kappa shape index (κ2) is 43.9. The van der Waals surface area contributed by atoms with Crippen LogP contribution in [0.1, 0.15) is 95.5 Å². The van der Waals surface area contributed by atoms with Crippen LogP contribution in [0.25, 0.3) is 10.9 Å². The van der Waals surface area contributed by atoms with E-state index in [4.69, 9.17) is 22.9 Å². The first-order valence-corrected chi connectivity index (χ1v) is 35.8. The summed E-state index contributed by atoms with van der Waals surface area (Å²) < 4.78 is 0. The molecule has 0 unspecified atom stereocenters. The number of unbranched alkanes of at least 4 members (excludes halogenated alkanes) is 1. The molecule has 0 saturated heterocycles. The number of nitrogens with two attached hydrogens (primary N) is 4. The molecule has 15 amide bonds. The molecule has 0 aliphatic heterocycles. The van der Waals surface area contributed by atoms with Gasteiger partial charge in [0.2, 0.25) is 88.6 Å². The lowest BCUT2D eigenvalue weighted by Gasteiger charge is -2.29. The van der Waals surface area contributed by atoms with Crippen molar-refractivity contribution >= 4 is 112 Å². The number of aliphatic hydroxyl groups excluding tert-OH is 2. The smallest absolute Gasteiger partial charge is 0.245 e. The third-order valence-electron chi connectivity index (χ3n) is 17.5. The molecule has 0 spiro atoms. The fourth-order valence-corrected chi connectivity index (χ4v) is 11.5. The van der Waals surface area contributed by atoms with Crippen molar-refractivity contribution in [1.29, 1.82) is 0 Å². The minimum atomic E-state index is -1.94. The molecule has 37 nitrogen and oxygen atoms in total. The zero-order valence-corrected chi connectivity index (χ0v) is 61.8. The zero-order valence-electron chi connectivity index (χ0n) is 60.9. The average Bonchev–Trinajstić information content (AvgIpc) is 1.75. The van der Waals surface area contributed by atoms with Gasteiger partial charge in [-0.2, -0.15) is 12.6 Å². The topological polar surface area (TPSA) is 610 Å². The number of imidazole rings is 1. The van der Waals surface area contributed by atoms with Crippen LogP contribution < -0.4 is 86.7 Å². The number of benzene rings is 3. The van der Waals surface area contributed by atoms with E-state index in [2.05, 4.69) is 91.4 Å². The fraction of sp³-hybridized carbons (Fsp3) is 0.465. The molecule has 0 fully saturated rings. The number of nitrogens with zero attached hydrogens (tertiary/aromatic N) is 1. The third-order valence-corrected chi connectivity index (χ3v) is 17.9. The SMILES string of the molecule is CC[C@H](C)[C@H](NC(=O)[C@H](CC(N)=O)NC(=O)[C@H](CO)NC(=O)[C@H](Cc1ccccc1)NC(=O)[C@H](CS)NC(=O)[C@H](Cc1ccc(O)cc1)NC(=O)[C@H](CCCCN)NC(=O)[C@H](CC(N)=O)NC(=O)[C@H](CO)NC(=O)[C@@H](NC(C)=O)C(C)C)C(=O)N[C@@H](Cc1cnc[nH]1)C(=O)N[C@@H](Cc1c[nH]c2ccccc12)C(N)=O. The van der Waals surface area contributed by atoms with E-state index in [1.54, 1.807) is 70.3 Å². The average molecular weight is 1540 g/mol. The molecule has 13 atom stereocenters. The lowest BCUT2D eigenvalue weighted by molar-refractivity contribution is -0.137. The predicted molar refractivity (Wildman–Crippen MR) is 397 cm³/mol. The summed E-state index contributed by atoms with van der Waals surface area (Å²) in [5.41, 5.74) is 25.2. The Kier molecular flexibility index (Phi) is 35.5. The molecular formula is C71H99N19O18S. The van der Waals surface area contributed by atoms with Gasteiger partial charge in [0, 0.05) is 67.4 Å². The molecule has 38 heteroatoms. The molecule has 592 valence electrons. The molecule has 0 aliphatic carbocycles. The molecule has 3 aromatic carbocycles. The van der Waals surface area contributed by atoms with Gasteiger partial charge < -0.3 is 112 Å². The number of rotatable bonds is 46. The van der Waals surface area contributed by atoms with E-state index in [0.29, 0.717) is 28.8 Å². The summed E-state index contributed by atoms with van der Waals surface area (Å²) in [6, 6.07) is 1.50. The summed E-state index contributed by atoms with van der Waals surface area (Å²) in [7, 11) is 0. The largest absolute Gasteiger partial charge is 0.508 e. The van der Waals surface area contributed by atoms with Gasteiger partial charge >= 0.3 is 0 Å². The first kappa shape index (κ1) is 88.1. The number of fused-ring (bicyclic) bond motifs is 1. The molecule has 0 radical (unpaired) electrons. The highest BCUT2D eigenvalue weighted by molar-refractivity contribution is 7.80. The number of primary amides is 3. The Morgan fingerprint density at radius 3 is 1.42 bits per heavy atom. The highest BCUT2D eigenvalue weighted by Crippen LogP contribution is 2.21. The van der Waals surface area contributed by atoms with Crippen molar-refractivity contribution in [2.45, 2.75) is 171 Å².